The first kappa shape index (κ1) is 15.9. The van der Waals surface area contributed by atoms with E-state index in [1.807, 2.05) is 6.92 Å². The summed E-state index contributed by atoms with van der Waals surface area (Å²) in [4.78, 5) is 2.24. The Balaban J connectivity index is 2.11. The molecule has 2 rings (SSSR count). The van der Waals surface area contributed by atoms with Crippen molar-refractivity contribution in [2.24, 2.45) is 11.0 Å². The molecule has 0 aromatic heterocycles. The smallest absolute Gasteiger partial charge is 0.207 e. The van der Waals surface area contributed by atoms with Crippen LogP contribution in [0.15, 0.2) is 34.3 Å². The molecule has 21 heavy (non-hydrogen) atoms. The Morgan fingerprint density at radius 2 is 1.90 bits per heavy atom. The number of sulfonamides is 1. The zero-order valence-corrected chi connectivity index (χ0v) is 12.8. The van der Waals surface area contributed by atoms with Gasteiger partial charge in [-0.05, 0) is 25.5 Å². The van der Waals surface area contributed by atoms with E-state index in [9.17, 15) is 17.2 Å². The summed E-state index contributed by atoms with van der Waals surface area (Å²) in [5.74, 6) is -3.12. The van der Waals surface area contributed by atoms with Crippen LogP contribution in [-0.4, -0.2) is 20.1 Å². The average Bonchev–Trinajstić information content (AvgIpc) is 2.37. The lowest BCUT2D eigenvalue weighted by Gasteiger charge is -2.27. The molecule has 1 aliphatic rings. The van der Waals surface area contributed by atoms with Crippen molar-refractivity contribution < 1.29 is 17.2 Å². The standard InChI is InChI=1S/C14H18F2N2O2S/c1-10-3-5-12(6-4-10)21(19,20)18-17-13-7-8-14(15,16)9-11(13)2/h3-6,11,18H,7-9H2,1-2H3/b17-13-. The zero-order valence-electron chi connectivity index (χ0n) is 11.9. The van der Waals surface area contributed by atoms with E-state index in [0.717, 1.165) is 5.56 Å². The first-order valence-electron chi connectivity index (χ1n) is 6.72. The van der Waals surface area contributed by atoms with Crippen LogP contribution in [0.25, 0.3) is 0 Å². The van der Waals surface area contributed by atoms with Crippen LogP contribution in [0.4, 0.5) is 8.78 Å². The third-order valence-electron chi connectivity index (χ3n) is 3.56. The third kappa shape index (κ3) is 4.00. The fourth-order valence-electron chi connectivity index (χ4n) is 2.28. The van der Waals surface area contributed by atoms with Crippen LogP contribution >= 0.6 is 0 Å². The van der Waals surface area contributed by atoms with Gasteiger partial charge in [0.25, 0.3) is 10.0 Å². The lowest BCUT2D eigenvalue weighted by Crippen LogP contribution is -2.33. The molecule has 1 saturated carbocycles. The van der Waals surface area contributed by atoms with E-state index in [1.54, 1.807) is 19.1 Å². The molecule has 1 aromatic rings. The summed E-state index contributed by atoms with van der Waals surface area (Å²) in [6.07, 6.45) is -0.481. The molecule has 0 saturated heterocycles. The van der Waals surface area contributed by atoms with Gasteiger partial charge in [-0.2, -0.15) is 13.5 Å². The highest BCUT2D eigenvalue weighted by atomic mass is 32.2. The number of hydrazone groups is 1. The Labute approximate surface area is 123 Å². The summed E-state index contributed by atoms with van der Waals surface area (Å²) >= 11 is 0. The number of aryl methyl sites for hydroxylation is 1. The lowest BCUT2D eigenvalue weighted by atomic mass is 9.86. The van der Waals surface area contributed by atoms with E-state index in [1.165, 1.54) is 12.1 Å². The molecular formula is C14H18F2N2O2S. The second kappa shape index (κ2) is 5.71. The maximum Gasteiger partial charge on any atom is 0.276 e. The van der Waals surface area contributed by atoms with Gasteiger partial charge < -0.3 is 0 Å². The Morgan fingerprint density at radius 1 is 1.29 bits per heavy atom. The molecule has 1 atom stereocenters. The predicted octanol–water partition coefficient (Wildman–Crippen LogP) is 3.08. The number of hydrogen-bond acceptors (Lipinski definition) is 3. The Hall–Kier alpha value is -1.50. The predicted molar refractivity (Wildman–Crippen MR) is 76.9 cm³/mol. The van der Waals surface area contributed by atoms with Gasteiger partial charge in [0.2, 0.25) is 5.92 Å². The van der Waals surface area contributed by atoms with E-state index < -0.39 is 21.9 Å². The molecule has 0 spiro atoms. The number of halogens is 2. The fraction of sp³-hybridized carbons (Fsp3) is 0.500. The van der Waals surface area contributed by atoms with Gasteiger partial charge in [-0.1, -0.05) is 24.6 Å². The molecule has 0 radical (unpaired) electrons. The van der Waals surface area contributed by atoms with Gasteiger partial charge in [0.1, 0.15) is 0 Å². The van der Waals surface area contributed by atoms with Crippen molar-refractivity contribution in [3.63, 3.8) is 0 Å². The third-order valence-corrected chi connectivity index (χ3v) is 4.79. The van der Waals surface area contributed by atoms with Gasteiger partial charge in [-0.15, -0.1) is 0 Å². The van der Waals surface area contributed by atoms with E-state index in [0.29, 0.717) is 5.71 Å². The van der Waals surface area contributed by atoms with Crippen molar-refractivity contribution in [2.75, 3.05) is 0 Å². The number of benzene rings is 1. The average molecular weight is 316 g/mol. The number of nitrogens with one attached hydrogen (secondary N) is 1. The molecule has 0 heterocycles. The van der Waals surface area contributed by atoms with E-state index >= 15 is 0 Å². The molecule has 7 heteroatoms. The highest BCUT2D eigenvalue weighted by Crippen LogP contribution is 2.35. The summed E-state index contributed by atoms with van der Waals surface area (Å²) in [6, 6.07) is 6.34. The normalized spacial score (nSPS) is 24.0. The van der Waals surface area contributed by atoms with Gasteiger partial charge in [0, 0.05) is 24.5 Å². The highest BCUT2D eigenvalue weighted by Gasteiger charge is 2.37. The number of alkyl halides is 2. The molecule has 1 aromatic carbocycles. The van der Waals surface area contributed by atoms with Gasteiger partial charge in [-0.3, -0.25) is 0 Å². The van der Waals surface area contributed by atoms with Crippen LogP contribution in [-0.2, 0) is 10.0 Å². The fourth-order valence-corrected chi connectivity index (χ4v) is 3.12. The van der Waals surface area contributed by atoms with Gasteiger partial charge >= 0.3 is 0 Å². The molecule has 116 valence electrons. The minimum Gasteiger partial charge on any atom is -0.207 e. The molecular weight excluding hydrogens is 298 g/mol. The minimum atomic E-state index is -3.75. The van der Waals surface area contributed by atoms with Crippen LogP contribution in [0.5, 0.6) is 0 Å². The second-order valence-corrected chi connectivity index (χ2v) is 7.13. The Bertz CT molecular complexity index is 639. The molecule has 0 aliphatic heterocycles. The van der Waals surface area contributed by atoms with E-state index in [-0.39, 0.29) is 24.2 Å². The number of nitrogens with zero attached hydrogens (tertiary/aromatic N) is 1. The topological polar surface area (TPSA) is 58.5 Å². The Morgan fingerprint density at radius 3 is 2.48 bits per heavy atom. The summed E-state index contributed by atoms with van der Waals surface area (Å²) < 4.78 is 50.5. The molecule has 1 unspecified atom stereocenters. The van der Waals surface area contributed by atoms with Crippen LogP contribution in [0.1, 0.15) is 31.7 Å². The van der Waals surface area contributed by atoms with Crippen LogP contribution in [0, 0.1) is 12.8 Å². The number of hydrogen-bond donors (Lipinski definition) is 1. The summed E-state index contributed by atoms with van der Waals surface area (Å²) in [5, 5.41) is 3.85. The van der Waals surface area contributed by atoms with Crippen molar-refractivity contribution in [3.8, 4) is 0 Å². The summed E-state index contributed by atoms with van der Waals surface area (Å²) in [5.41, 5.74) is 1.42. The van der Waals surface area contributed by atoms with Crippen LogP contribution in [0.3, 0.4) is 0 Å². The van der Waals surface area contributed by atoms with Crippen LogP contribution < -0.4 is 4.83 Å². The first-order chi connectivity index (χ1) is 9.70. The summed E-state index contributed by atoms with van der Waals surface area (Å²) in [7, 11) is -3.75. The second-order valence-electron chi connectivity index (χ2n) is 5.47. The first-order valence-corrected chi connectivity index (χ1v) is 8.21. The largest absolute Gasteiger partial charge is 0.276 e. The van der Waals surface area contributed by atoms with Crippen molar-refractivity contribution in [1.82, 2.24) is 4.83 Å². The van der Waals surface area contributed by atoms with Gasteiger partial charge in [0.15, 0.2) is 0 Å². The van der Waals surface area contributed by atoms with E-state index in [2.05, 4.69) is 9.93 Å². The molecule has 0 bridgehead atoms. The zero-order chi connectivity index (χ0) is 15.7. The van der Waals surface area contributed by atoms with Crippen molar-refractivity contribution in [1.29, 1.82) is 0 Å². The molecule has 4 nitrogen and oxygen atoms in total. The Kier molecular flexibility index (Phi) is 4.32. The highest BCUT2D eigenvalue weighted by molar-refractivity contribution is 7.89. The molecule has 1 aliphatic carbocycles. The maximum absolute atomic E-state index is 13.2. The van der Waals surface area contributed by atoms with E-state index in [4.69, 9.17) is 0 Å². The van der Waals surface area contributed by atoms with Crippen molar-refractivity contribution in [3.05, 3.63) is 29.8 Å². The molecule has 1 fully saturated rings. The minimum absolute atomic E-state index is 0.102. The molecule has 0 amide bonds. The molecule has 1 N–H and O–H groups in total. The lowest BCUT2D eigenvalue weighted by molar-refractivity contribution is -0.0283. The maximum atomic E-state index is 13.2. The monoisotopic (exact) mass is 316 g/mol. The van der Waals surface area contributed by atoms with Crippen LogP contribution in [0.2, 0.25) is 0 Å². The quantitative estimate of drug-likeness (QED) is 0.871. The van der Waals surface area contributed by atoms with Gasteiger partial charge in [0.05, 0.1) is 4.90 Å². The summed E-state index contributed by atoms with van der Waals surface area (Å²) in [6.45, 7) is 3.49. The van der Waals surface area contributed by atoms with Gasteiger partial charge in [-0.25, -0.2) is 13.6 Å². The van der Waals surface area contributed by atoms with Crippen molar-refractivity contribution >= 4 is 15.7 Å². The number of rotatable bonds is 3. The SMILES string of the molecule is Cc1ccc(S(=O)(=O)N/N=C2/CCC(F)(F)CC2C)cc1. The van der Waals surface area contributed by atoms with Crippen molar-refractivity contribution in [2.45, 2.75) is 43.9 Å².